The number of rotatable bonds is 14. The SMILES string of the molecule is C=CC.CC1CO1.CCCCCCCCCC(OCC)(OCC)OCC. The molecule has 0 aliphatic carbocycles. The van der Waals surface area contributed by atoms with E-state index in [1.54, 1.807) is 6.08 Å². The van der Waals surface area contributed by atoms with Gasteiger partial charge in [-0.05, 0) is 41.0 Å². The van der Waals surface area contributed by atoms with E-state index in [4.69, 9.17) is 18.9 Å². The van der Waals surface area contributed by atoms with E-state index >= 15 is 0 Å². The van der Waals surface area contributed by atoms with E-state index in [2.05, 4.69) is 20.4 Å². The van der Waals surface area contributed by atoms with Gasteiger partial charge in [0, 0.05) is 26.2 Å². The van der Waals surface area contributed by atoms with Crippen LogP contribution in [-0.2, 0) is 18.9 Å². The van der Waals surface area contributed by atoms with Crippen LogP contribution in [0.1, 0.15) is 92.9 Å². The van der Waals surface area contributed by atoms with Crippen LogP contribution < -0.4 is 0 Å². The van der Waals surface area contributed by atoms with Crippen molar-refractivity contribution in [1.82, 2.24) is 0 Å². The number of ether oxygens (including phenoxy) is 4. The smallest absolute Gasteiger partial charge is 0.282 e. The van der Waals surface area contributed by atoms with Crippen LogP contribution in [0.4, 0.5) is 0 Å². The number of epoxide rings is 1. The first-order valence-corrected chi connectivity index (χ1v) is 10.7. The maximum atomic E-state index is 5.71. The molecule has 158 valence electrons. The van der Waals surface area contributed by atoms with E-state index in [1.807, 2.05) is 27.7 Å². The number of hydrogen-bond donors (Lipinski definition) is 0. The molecule has 0 N–H and O–H groups in total. The Hall–Kier alpha value is -0.420. The molecule has 4 nitrogen and oxygen atoms in total. The lowest BCUT2D eigenvalue weighted by molar-refractivity contribution is -0.380. The Morgan fingerprint density at radius 2 is 1.23 bits per heavy atom. The van der Waals surface area contributed by atoms with Crippen LogP contribution in [0.15, 0.2) is 12.7 Å². The minimum Gasteiger partial charge on any atom is -0.373 e. The molecule has 1 aliphatic rings. The lowest BCUT2D eigenvalue weighted by atomic mass is 10.1. The summed E-state index contributed by atoms with van der Waals surface area (Å²) in [6.45, 7) is 18.4. The van der Waals surface area contributed by atoms with Gasteiger partial charge in [-0.3, -0.25) is 0 Å². The van der Waals surface area contributed by atoms with E-state index in [0.717, 1.165) is 19.4 Å². The molecule has 0 aromatic heterocycles. The summed E-state index contributed by atoms with van der Waals surface area (Å²) in [5.74, 6) is -0.804. The third kappa shape index (κ3) is 19.9. The van der Waals surface area contributed by atoms with Gasteiger partial charge >= 0.3 is 0 Å². The van der Waals surface area contributed by atoms with Crippen LogP contribution >= 0.6 is 0 Å². The maximum Gasteiger partial charge on any atom is 0.282 e. The molecule has 1 aliphatic heterocycles. The Bertz CT molecular complexity index is 260. The second-order valence-electron chi connectivity index (χ2n) is 6.41. The molecule has 4 heteroatoms. The highest BCUT2D eigenvalue weighted by Crippen LogP contribution is 2.24. The largest absolute Gasteiger partial charge is 0.373 e. The highest BCUT2D eigenvalue weighted by Gasteiger charge is 2.31. The zero-order valence-electron chi connectivity index (χ0n) is 18.5. The monoisotopic (exact) mass is 374 g/mol. The molecule has 0 aromatic rings. The van der Waals surface area contributed by atoms with Gasteiger partial charge in [0.1, 0.15) is 0 Å². The summed E-state index contributed by atoms with van der Waals surface area (Å²) in [6.07, 6.45) is 12.2. The summed E-state index contributed by atoms with van der Waals surface area (Å²) >= 11 is 0. The zero-order chi connectivity index (χ0) is 20.1. The lowest BCUT2D eigenvalue weighted by Gasteiger charge is -2.32. The van der Waals surface area contributed by atoms with Crippen molar-refractivity contribution in [3.8, 4) is 0 Å². The second-order valence-corrected chi connectivity index (χ2v) is 6.41. The van der Waals surface area contributed by atoms with Crippen molar-refractivity contribution in [3.63, 3.8) is 0 Å². The summed E-state index contributed by atoms with van der Waals surface area (Å²) in [4.78, 5) is 0. The van der Waals surface area contributed by atoms with Gasteiger partial charge in [-0.25, -0.2) is 0 Å². The average molecular weight is 375 g/mol. The molecule has 1 atom stereocenters. The van der Waals surface area contributed by atoms with Crippen LogP contribution in [0.25, 0.3) is 0 Å². The van der Waals surface area contributed by atoms with Crippen molar-refractivity contribution < 1.29 is 18.9 Å². The quantitative estimate of drug-likeness (QED) is 0.151. The third-order valence-corrected chi connectivity index (χ3v) is 3.68. The van der Waals surface area contributed by atoms with Crippen molar-refractivity contribution >= 4 is 0 Å². The number of allylic oxidation sites excluding steroid dienone is 1. The van der Waals surface area contributed by atoms with Gasteiger partial charge in [-0.15, -0.1) is 6.58 Å². The summed E-state index contributed by atoms with van der Waals surface area (Å²) in [7, 11) is 0. The first-order chi connectivity index (χ1) is 12.6. The molecule has 0 radical (unpaired) electrons. The van der Waals surface area contributed by atoms with Gasteiger partial charge in [0.05, 0.1) is 12.7 Å². The van der Waals surface area contributed by atoms with Gasteiger partial charge in [-0.1, -0.05) is 51.5 Å². The van der Waals surface area contributed by atoms with Gasteiger partial charge in [0.25, 0.3) is 5.97 Å². The van der Waals surface area contributed by atoms with Gasteiger partial charge in [-0.2, -0.15) is 0 Å². The van der Waals surface area contributed by atoms with Crippen molar-refractivity contribution in [2.45, 2.75) is 105 Å². The number of hydrogen-bond acceptors (Lipinski definition) is 4. The molecule has 0 bridgehead atoms. The molecule has 1 saturated heterocycles. The van der Waals surface area contributed by atoms with Gasteiger partial charge in [0.2, 0.25) is 0 Å². The number of unbranched alkanes of at least 4 members (excludes halogenated alkanes) is 6. The highest BCUT2D eigenvalue weighted by atomic mass is 16.9. The summed E-state index contributed by atoms with van der Waals surface area (Å²) in [6, 6.07) is 0. The van der Waals surface area contributed by atoms with Crippen molar-refractivity contribution in [3.05, 3.63) is 12.7 Å². The maximum absolute atomic E-state index is 5.71. The fourth-order valence-corrected chi connectivity index (χ4v) is 2.40. The van der Waals surface area contributed by atoms with Crippen molar-refractivity contribution in [2.24, 2.45) is 0 Å². The van der Waals surface area contributed by atoms with E-state index in [1.165, 1.54) is 38.5 Å². The molecule has 1 unspecified atom stereocenters. The summed E-state index contributed by atoms with van der Waals surface area (Å²) in [5.41, 5.74) is 0. The fraction of sp³-hybridized carbons (Fsp3) is 0.909. The van der Waals surface area contributed by atoms with E-state index < -0.39 is 5.97 Å². The predicted octanol–water partition coefficient (Wildman–Crippen LogP) is 6.49. The fourth-order valence-electron chi connectivity index (χ4n) is 2.40. The van der Waals surface area contributed by atoms with Crippen LogP contribution in [0.5, 0.6) is 0 Å². The molecule has 26 heavy (non-hydrogen) atoms. The molecule has 0 aromatic carbocycles. The van der Waals surface area contributed by atoms with Crippen LogP contribution in [0.2, 0.25) is 0 Å². The molecule has 1 rings (SSSR count). The van der Waals surface area contributed by atoms with Crippen LogP contribution in [0, 0.1) is 0 Å². The molecular formula is C22H46O4. The minimum atomic E-state index is -0.804. The first kappa shape index (κ1) is 27.8. The summed E-state index contributed by atoms with van der Waals surface area (Å²) in [5, 5.41) is 0. The second kappa shape index (κ2) is 20.9. The Labute approximate surface area is 163 Å². The minimum absolute atomic E-state index is 0.583. The van der Waals surface area contributed by atoms with E-state index in [9.17, 15) is 0 Å². The topological polar surface area (TPSA) is 40.2 Å². The van der Waals surface area contributed by atoms with Crippen molar-refractivity contribution in [1.29, 1.82) is 0 Å². The zero-order valence-corrected chi connectivity index (χ0v) is 18.5. The molecular weight excluding hydrogens is 328 g/mol. The van der Waals surface area contributed by atoms with Crippen LogP contribution in [0.3, 0.4) is 0 Å². The third-order valence-electron chi connectivity index (χ3n) is 3.68. The predicted molar refractivity (Wildman–Crippen MR) is 112 cm³/mol. The van der Waals surface area contributed by atoms with E-state index in [-0.39, 0.29) is 0 Å². The molecule has 0 saturated carbocycles. The van der Waals surface area contributed by atoms with Crippen LogP contribution in [-0.4, -0.2) is 38.5 Å². The van der Waals surface area contributed by atoms with Gasteiger partial charge < -0.3 is 18.9 Å². The molecule has 0 amide bonds. The van der Waals surface area contributed by atoms with E-state index in [0.29, 0.717) is 25.9 Å². The Morgan fingerprint density at radius 1 is 0.885 bits per heavy atom. The molecule has 0 spiro atoms. The Kier molecular flexibility index (Phi) is 22.3. The van der Waals surface area contributed by atoms with Crippen molar-refractivity contribution in [2.75, 3.05) is 26.4 Å². The first-order valence-electron chi connectivity index (χ1n) is 10.7. The average Bonchev–Trinajstić information content (AvgIpc) is 3.38. The normalized spacial score (nSPS) is 15.4. The Balaban J connectivity index is 0. The summed E-state index contributed by atoms with van der Waals surface area (Å²) < 4.78 is 21.8. The Morgan fingerprint density at radius 3 is 1.54 bits per heavy atom. The lowest BCUT2D eigenvalue weighted by Crippen LogP contribution is -2.39. The van der Waals surface area contributed by atoms with Gasteiger partial charge in [0.15, 0.2) is 0 Å². The highest BCUT2D eigenvalue weighted by molar-refractivity contribution is 4.59. The molecule has 1 heterocycles. The standard InChI is InChI=1S/C16H34O3.C3H6O.C3H6/c1-5-9-10-11-12-13-14-15-16(17-6-2,18-7-3)19-8-4;1-3-2-4-3;1-3-2/h5-15H2,1-4H3;3H,2H2,1H3;3H,1H2,2H3. The molecule has 1 fully saturated rings.